The van der Waals surface area contributed by atoms with Crippen molar-refractivity contribution in [3.05, 3.63) is 9.48 Å². The third kappa shape index (κ3) is 2.38. The highest BCUT2D eigenvalue weighted by atomic mass is 79.9. The Bertz CT molecular complexity index is 388. The molecule has 6 heteroatoms. The average molecular weight is 305 g/mol. The molecule has 16 heavy (non-hydrogen) atoms. The fourth-order valence-corrected chi connectivity index (χ4v) is 3.25. The topological polar surface area (TPSA) is 42.4 Å². The van der Waals surface area contributed by atoms with Gasteiger partial charge in [0, 0.05) is 13.1 Å². The highest BCUT2D eigenvalue weighted by Crippen LogP contribution is 2.32. The minimum absolute atomic E-state index is 0.294. The number of hydrogen-bond acceptors (Lipinski definition) is 5. The van der Waals surface area contributed by atoms with Crippen molar-refractivity contribution >= 4 is 38.4 Å². The van der Waals surface area contributed by atoms with E-state index in [0.29, 0.717) is 16.1 Å². The number of thiazole rings is 1. The van der Waals surface area contributed by atoms with Gasteiger partial charge in [-0.2, -0.15) is 0 Å². The van der Waals surface area contributed by atoms with Gasteiger partial charge in [0.05, 0.1) is 6.61 Å². The van der Waals surface area contributed by atoms with Crippen molar-refractivity contribution in [2.75, 3.05) is 24.6 Å². The molecule has 1 saturated heterocycles. The van der Waals surface area contributed by atoms with Gasteiger partial charge in [-0.25, -0.2) is 9.78 Å². The van der Waals surface area contributed by atoms with E-state index in [4.69, 9.17) is 4.74 Å². The summed E-state index contributed by atoms with van der Waals surface area (Å²) < 4.78 is 5.56. The Morgan fingerprint density at radius 3 is 2.88 bits per heavy atom. The Hall–Kier alpha value is -0.620. The normalized spacial score (nSPS) is 15.5. The van der Waals surface area contributed by atoms with Crippen molar-refractivity contribution in [2.24, 2.45) is 0 Å². The maximum Gasteiger partial charge on any atom is 0.351 e. The van der Waals surface area contributed by atoms with Crippen LogP contribution in [0, 0.1) is 0 Å². The molecule has 0 aliphatic carbocycles. The van der Waals surface area contributed by atoms with Crippen LogP contribution in [-0.2, 0) is 4.74 Å². The van der Waals surface area contributed by atoms with Crippen molar-refractivity contribution < 1.29 is 9.53 Å². The molecule has 0 atom stereocenters. The van der Waals surface area contributed by atoms with Crippen LogP contribution in [0.15, 0.2) is 4.60 Å². The van der Waals surface area contributed by atoms with E-state index in [-0.39, 0.29) is 5.97 Å². The lowest BCUT2D eigenvalue weighted by Crippen LogP contribution is -2.16. The Morgan fingerprint density at radius 1 is 1.56 bits per heavy atom. The highest BCUT2D eigenvalue weighted by molar-refractivity contribution is 9.10. The molecule has 1 aliphatic heterocycles. The molecule has 0 spiro atoms. The molecule has 1 aromatic heterocycles. The maximum absolute atomic E-state index is 11.6. The van der Waals surface area contributed by atoms with E-state index < -0.39 is 0 Å². The number of nitrogens with zero attached hydrogens (tertiary/aromatic N) is 2. The first-order chi connectivity index (χ1) is 7.72. The quantitative estimate of drug-likeness (QED) is 0.805. The molecule has 88 valence electrons. The molecule has 0 bridgehead atoms. The van der Waals surface area contributed by atoms with Gasteiger partial charge >= 0.3 is 5.97 Å². The molecule has 0 radical (unpaired) electrons. The number of esters is 1. The van der Waals surface area contributed by atoms with Crippen LogP contribution in [0.25, 0.3) is 0 Å². The lowest BCUT2D eigenvalue weighted by Gasteiger charge is -2.11. The second kappa shape index (κ2) is 5.14. The van der Waals surface area contributed by atoms with Crippen LogP contribution in [0.2, 0.25) is 0 Å². The van der Waals surface area contributed by atoms with Gasteiger partial charge < -0.3 is 9.64 Å². The number of hydrogen-bond donors (Lipinski definition) is 0. The van der Waals surface area contributed by atoms with Gasteiger partial charge in [0.2, 0.25) is 0 Å². The summed E-state index contributed by atoms with van der Waals surface area (Å²) in [6.07, 6.45) is 2.40. The number of carbonyl (C=O) groups excluding carboxylic acids is 1. The van der Waals surface area contributed by atoms with E-state index >= 15 is 0 Å². The SMILES string of the molecule is CCOC(=O)c1sc(N2CCCC2)nc1Br. The molecule has 1 aliphatic rings. The summed E-state index contributed by atoms with van der Waals surface area (Å²) in [6, 6.07) is 0. The second-order valence-electron chi connectivity index (χ2n) is 3.53. The van der Waals surface area contributed by atoms with E-state index in [1.54, 1.807) is 6.92 Å². The first-order valence-electron chi connectivity index (χ1n) is 5.30. The minimum atomic E-state index is -0.294. The van der Waals surface area contributed by atoms with Gasteiger partial charge in [0.25, 0.3) is 0 Å². The van der Waals surface area contributed by atoms with Gasteiger partial charge in [-0.05, 0) is 35.7 Å². The summed E-state index contributed by atoms with van der Waals surface area (Å²) in [4.78, 5) is 18.7. The first kappa shape index (κ1) is 11.9. The van der Waals surface area contributed by atoms with E-state index in [0.717, 1.165) is 18.2 Å². The maximum atomic E-state index is 11.6. The third-order valence-electron chi connectivity index (χ3n) is 2.41. The van der Waals surface area contributed by atoms with Crippen LogP contribution in [0.4, 0.5) is 5.13 Å². The van der Waals surface area contributed by atoms with Crippen LogP contribution < -0.4 is 4.90 Å². The van der Waals surface area contributed by atoms with Crippen molar-refractivity contribution in [1.82, 2.24) is 4.98 Å². The van der Waals surface area contributed by atoms with Crippen molar-refractivity contribution in [1.29, 1.82) is 0 Å². The summed E-state index contributed by atoms with van der Waals surface area (Å²) in [6.45, 7) is 4.25. The predicted octanol–water partition coefficient (Wildman–Crippen LogP) is 2.68. The van der Waals surface area contributed by atoms with Crippen LogP contribution in [0.1, 0.15) is 29.4 Å². The van der Waals surface area contributed by atoms with Gasteiger partial charge in [-0.3, -0.25) is 0 Å². The summed E-state index contributed by atoms with van der Waals surface area (Å²) in [5, 5.41) is 0.910. The first-order valence-corrected chi connectivity index (χ1v) is 6.91. The smallest absolute Gasteiger partial charge is 0.351 e. The Balaban J connectivity index is 2.17. The zero-order chi connectivity index (χ0) is 11.5. The molecule has 2 heterocycles. The number of halogens is 1. The third-order valence-corrected chi connectivity index (χ3v) is 4.34. The molecule has 2 rings (SSSR count). The van der Waals surface area contributed by atoms with Crippen molar-refractivity contribution in [3.63, 3.8) is 0 Å². The fraction of sp³-hybridized carbons (Fsp3) is 0.600. The molecule has 0 N–H and O–H groups in total. The Kier molecular flexibility index (Phi) is 3.81. The van der Waals surface area contributed by atoms with Crippen LogP contribution in [0.5, 0.6) is 0 Å². The summed E-state index contributed by atoms with van der Waals surface area (Å²) in [7, 11) is 0. The number of ether oxygens (including phenoxy) is 1. The molecule has 0 saturated carbocycles. The van der Waals surface area contributed by atoms with Crippen LogP contribution >= 0.6 is 27.3 Å². The van der Waals surface area contributed by atoms with Gasteiger partial charge in [-0.1, -0.05) is 11.3 Å². The number of aromatic nitrogens is 1. The Morgan fingerprint density at radius 2 is 2.25 bits per heavy atom. The predicted molar refractivity (Wildman–Crippen MR) is 67.2 cm³/mol. The van der Waals surface area contributed by atoms with E-state index in [1.807, 2.05) is 0 Å². The number of carbonyl (C=O) groups is 1. The van der Waals surface area contributed by atoms with E-state index in [2.05, 4.69) is 25.8 Å². The summed E-state index contributed by atoms with van der Waals surface area (Å²) in [5.74, 6) is -0.294. The van der Waals surface area contributed by atoms with Gasteiger partial charge in [0.1, 0.15) is 9.48 Å². The van der Waals surface area contributed by atoms with Crippen LogP contribution in [0.3, 0.4) is 0 Å². The lowest BCUT2D eigenvalue weighted by molar-refractivity contribution is 0.0531. The molecule has 0 aromatic carbocycles. The standard InChI is InChI=1S/C10H13BrN2O2S/c1-2-15-9(14)7-8(11)12-10(16-7)13-5-3-4-6-13/h2-6H2,1H3. The molecular formula is C10H13BrN2O2S. The molecular weight excluding hydrogens is 292 g/mol. The minimum Gasteiger partial charge on any atom is -0.462 e. The monoisotopic (exact) mass is 304 g/mol. The van der Waals surface area contributed by atoms with Gasteiger partial charge in [0.15, 0.2) is 5.13 Å². The van der Waals surface area contributed by atoms with Crippen molar-refractivity contribution in [3.8, 4) is 0 Å². The molecule has 4 nitrogen and oxygen atoms in total. The van der Waals surface area contributed by atoms with E-state index in [1.165, 1.54) is 24.2 Å². The number of anilines is 1. The zero-order valence-electron chi connectivity index (χ0n) is 9.03. The van der Waals surface area contributed by atoms with Crippen LogP contribution in [-0.4, -0.2) is 30.6 Å². The molecule has 1 fully saturated rings. The van der Waals surface area contributed by atoms with Crippen molar-refractivity contribution in [2.45, 2.75) is 19.8 Å². The lowest BCUT2D eigenvalue weighted by atomic mass is 10.4. The second-order valence-corrected chi connectivity index (χ2v) is 5.26. The average Bonchev–Trinajstić information content (AvgIpc) is 2.86. The molecule has 0 amide bonds. The molecule has 0 unspecified atom stereocenters. The van der Waals surface area contributed by atoms with E-state index in [9.17, 15) is 4.79 Å². The Labute approximate surface area is 107 Å². The molecule has 1 aromatic rings. The fourth-order valence-electron chi connectivity index (χ4n) is 1.66. The summed E-state index contributed by atoms with van der Waals surface area (Å²) >= 11 is 4.70. The highest BCUT2D eigenvalue weighted by Gasteiger charge is 2.22. The van der Waals surface area contributed by atoms with Gasteiger partial charge in [-0.15, -0.1) is 0 Å². The zero-order valence-corrected chi connectivity index (χ0v) is 11.4. The number of rotatable bonds is 3. The largest absolute Gasteiger partial charge is 0.462 e. The summed E-state index contributed by atoms with van der Waals surface area (Å²) in [5.41, 5.74) is 0.